The molecule has 0 spiro atoms. The molecule has 0 aliphatic carbocycles. The SMILES string of the molecule is CCC(CN)C(=O)CCc1ccnn1C. The van der Waals surface area contributed by atoms with Crippen LogP contribution >= 0.6 is 0 Å². The number of hydrogen-bond acceptors (Lipinski definition) is 3. The fourth-order valence-electron chi connectivity index (χ4n) is 1.63. The van der Waals surface area contributed by atoms with Crippen molar-refractivity contribution in [3.8, 4) is 0 Å². The van der Waals surface area contributed by atoms with Crippen LogP contribution in [0.3, 0.4) is 0 Å². The van der Waals surface area contributed by atoms with Crippen LogP contribution in [-0.4, -0.2) is 22.1 Å². The zero-order valence-corrected chi connectivity index (χ0v) is 9.44. The van der Waals surface area contributed by atoms with Crippen molar-refractivity contribution in [2.24, 2.45) is 18.7 Å². The topological polar surface area (TPSA) is 60.9 Å². The monoisotopic (exact) mass is 209 g/mol. The zero-order chi connectivity index (χ0) is 11.3. The smallest absolute Gasteiger partial charge is 0.137 e. The normalized spacial score (nSPS) is 12.7. The Kier molecular flexibility index (Phi) is 4.49. The van der Waals surface area contributed by atoms with Gasteiger partial charge in [0.1, 0.15) is 5.78 Å². The Morgan fingerprint density at radius 3 is 2.87 bits per heavy atom. The van der Waals surface area contributed by atoms with E-state index in [2.05, 4.69) is 5.10 Å². The quantitative estimate of drug-likeness (QED) is 0.757. The van der Waals surface area contributed by atoms with Gasteiger partial charge in [-0.3, -0.25) is 9.48 Å². The first-order valence-electron chi connectivity index (χ1n) is 5.38. The fraction of sp³-hybridized carbons (Fsp3) is 0.636. The van der Waals surface area contributed by atoms with Crippen LogP contribution in [0.1, 0.15) is 25.5 Å². The maximum Gasteiger partial charge on any atom is 0.137 e. The summed E-state index contributed by atoms with van der Waals surface area (Å²) in [6.07, 6.45) is 3.90. The molecule has 0 saturated heterocycles. The summed E-state index contributed by atoms with van der Waals surface area (Å²) >= 11 is 0. The lowest BCUT2D eigenvalue weighted by Gasteiger charge is -2.10. The molecule has 0 aromatic carbocycles. The number of ketones is 1. The molecular weight excluding hydrogens is 190 g/mol. The number of nitrogens with zero attached hydrogens (tertiary/aromatic N) is 2. The standard InChI is InChI=1S/C11H19N3O/c1-3-9(8-12)11(15)5-4-10-6-7-13-14(10)2/h6-7,9H,3-5,8,12H2,1-2H3. The van der Waals surface area contributed by atoms with Crippen molar-refractivity contribution in [2.75, 3.05) is 6.54 Å². The van der Waals surface area contributed by atoms with Crippen LogP contribution in [-0.2, 0) is 18.3 Å². The van der Waals surface area contributed by atoms with Crippen LogP contribution in [0.4, 0.5) is 0 Å². The van der Waals surface area contributed by atoms with E-state index in [1.165, 1.54) is 0 Å². The second kappa shape index (κ2) is 5.66. The van der Waals surface area contributed by atoms with E-state index in [0.29, 0.717) is 13.0 Å². The van der Waals surface area contributed by atoms with E-state index < -0.39 is 0 Å². The lowest BCUT2D eigenvalue weighted by Crippen LogP contribution is -2.23. The Balaban J connectivity index is 2.43. The van der Waals surface area contributed by atoms with Gasteiger partial charge in [0.15, 0.2) is 0 Å². The predicted molar refractivity (Wildman–Crippen MR) is 59.4 cm³/mol. The first-order chi connectivity index (χ1) is 7.19. The lowest BCUT2D eigenvalue weighted by atomic mass is 9.97. The van der Waals surface area contributed by atoms with E-state index in [4.69, 9.17) is 5.73 Å². The molecule has 0 fully saturated rings. The van der Waals surface area contributed by atoms with Crippen LogP contribution in [0.25, 0.3) is 0 Å². The lowest BCUT2D eigenvalue weighted by molar-refractivity contribution is -0.122. The number of aromatic nitrogens is 2. The molecule has 0 aliphatic heterocycles. The van der Waals surface area contributed by atoms with Gasteiger partial charge in [0.2, 0.25) is 0 Å². The van der Waals surface area contributed by atoms with Crippen molar-refractivity contribution in [3.05, 3.63) is 18.0 Å². The van der Waals surface area contributed by atoms with Gasteiger partial charge >= 0.3 is 0 Å². The van der Waals surface area contributed by atoms with Gasteiger partial charge in [-0.25, -0.2) is 0 Å². The molecule has 0 saturated carbocycles. The van der Waals surface area contributed by atoms with Crippen LogP contribution in [0.2, 0.25) is 0 Å². The van der Waals surface area contributed by atoms with Crippen LogP contribution in [0.5, 0.6) is 0 Å². The highest BCUT2D eigenvalue weighted by Crippen LogP contribution is 2.08. The molecule has 15 heavy (non-hydrogen) atoms. The summed E-state index contributed by atoms with van der Waals surface area (Å²) in [5.74, 6) is 0.291. The van der Waals surface area contributed by atoms with E-state index in [1.807, 2.05) is 20.0 Å². The summed E-state index contributed by atoms with van der Waals surface area (Å²) in [5, 5.41) is 4.06. The zero-order valence-electron chi connectivity index (χ0n) is 9.44. The van der Waals surface area contributed by atoms with Crippen molar-refractivity contribution < 1.29 is 4.79 Å². The molecule has 0 radical (unpaired) electrons. The van der Waals surface area contributed by atoms with Crippen molar-refractivity contribution >= 4 is 5.78 Å². The molecule has 1 unspecified atom stereocenters. The average molecular weight is 209 g/mol. The molecule has 4 heteroatoms. The highest BCUT2D eigenvalue weighted by Gasteiger charge is 2.14. The van der Waals surface area contributed by atoms with Gasteiger partial charge in [-0.05, 0) is 18.9 Å². The van der Waals surface area contributed by atoms with E-state index in [1.54, 1.807) is 10.9 Å². The van der Waals surface area contributed by atoms with Crippen LogP contribution < -0.4 is 5.73 Å². The summed E-state index contributed by atoms with van der Waals surface area (Å²) in [6.45, 7) is 2.46. The maximum atomic E-state index is 11.7. The molecule has 84 valence electrons. The van der Waals surface area contributed by atoms with Crippen molar-refractivity contribution in [3.63, 3.8) is 0 Å². The van der Waals surface area contributed by atoms with Gasteiger partial charge in [0.25, 0.3) is 0 Å². The molecule has 1 atom stereocenters. The summed E-state index contributed by atoms with van der Waals surface area (Å²) < 4.78 is 1.80. The average Bonchev–Trinajstić information content (AvgIpc) is 2.63. The predicted octanol–water partition coefficient (Wildman–Crippen LogP) is 0.907. The highest BCUT2D eigenvalue weighted by atomic mass is 16.1. The second-order valence-electron chi connectivity index (χ2n) is 3.75. The largest absolute Gasteiger partial charge is 0.330 e. The van der Waals surface area contributed by atoms with Crippen LogP contribution in [0, 0.1) is 5.92 Å². The molecular formula is C11H19N3O. The molecule has 1 rings (SSSR count). The van der Waals surface area contributed by atoms with E-state index in [9.17, 15) is 4.79 Å². The van der Waals surface area contributed by atoms with E-state index in [0.717, 1.165) is 18.5 Å². The minimum atomic E-state index is 0.0261. The van der Waals surface area contributed by atoms with Crippen LogP contribution in [0.15, 0.2) is 12.3 Å². The molecule has 1 heterocycles. The number of carbonyl (C=O) groups is 1. The van der Waals surface area contributed by atoms with Gasteiger partial charge in [-0.15, -0.1) is 0 Å². The molecule has 0 amide bonds. The number of rotatable bonds is 6. The summed E-state index contributed by atoms with van der Waals surface area (Å²) in [4.78, 5) is 11.7. The number of aryl methyl sites for hydroxylation is 2. The number of nitrogens with two attached hydrogens (primary N) is 1. The first kappa shape index (κ1) is 11.9. The van der Waals surface area contributed by atoms with Gasteiger partial charge < -0.3 is 5.73 Å². The summed E-state index contributed by atoms with van der Waals surface area (Å²) in [5.41, 5.74) is 6.62. The summed E-state index contributed by atoms with van der Waals surface area (Å²) in [7, 11) is 1.89. The molecule has 0 aliphatic rings. The molecule has 4 nitrogen and oxygen atoms in total. The number of hydrogen-bond donors (Lipinski definition) is 1. The van der Waals surface area contributed by atoms with E-state index >= 15 is 0 Å². The van der Waals surface area contributed by atoms with E-state index in [-0.39, 0.29) is 11.7 Å². The van der Waals surface area contributed by atoms with Crippen molar-refractivity contribution in [1.82, 2.24) is 9.78 Å². The third kappa shape index (κ3) is 3.16. The third-order valence-corrected chi connectivity index (χ3v) is 2.78. The molecule has 2 N–H and O–H groups in total. The minimum absolute atomic E-state index is 0.0261. The Hall–Kier alpha value is -1.16. The minimum Gasteiger partial charge on any atom is -0.330 e. The maximum absolute atomic E-state index is 11.7. The second-order valence-corrected chi connectivity index (χ2v) is 3.75. The van der Waals surface area contributed by atoms with Crippen molar-refractivity contribution in [2.45, 2.75) is 26.2 Å². The Morgan fingerprint density at radius 2 is 2.40 bits per heavy atom. The Labute approximate surface area is 90.5 Å². The number of carbonyl (C=O) groups excluding carboxylic acids is 1. The van der Waals surface area contributed by atoms with Gasteiger partial charge in [-0.2, -0.15) is 5.10 Å². The Bertz CT molecular complexity index is 315. The Morgan fingerprint density at radius 1 is 1.67 bits per heavy atom. The number of Topliss-reactive ketones (excluding diaryl/α,β-unsaturated/α-hetero) is 1. The fourth-order valence-corrected chi connectivity index (χ4v) is 1.63. The summed E-state index contributed by atoms with van der Waals surface area (Å²) in [6, 6.07) is 1.94. The first-order valence-corrected chi connectivity index (χ1v) is 5.38. The third-order valence-electron chi connectivity index (χ3n) is 2.78. The van der Waals surface area contributed by atoms with Crippen molar-refractivity contribution in [1.29, 1.82) is 0 Å². The molecule has 1 aromatic rings. The molecule has 0 bridgehead atoms. The van der Waals surface area contributed by atoms with Gasteiger partial charge in [-0.1, -0.05) is 6.92 Å². The van der Waals surface area contributed by atoms with Gasteiger partial charge in [0, 0.05) is 37.8 Å². The molecule has 1 aromatic heterocycles. The van der Waals surface area contributed by atoms with Gasteiger partial charge in [0.05, 0.1) is 0 Å². The highest BCUT2D eigenvalue weighted by molar-refractivity contribution is 5.81.